The van der Waals surface area contributed by atoms with Crippen molar-refractivity contribution in [2.45, 2.75) is 6.92 Å². The van der Waals surface area contributed by atoms with Crippen LogP contribution in [0.1, 0.15) is 12.5 Å². The maximum absolute atomic E-state index is 5.97. The van der Waals surface area contributed by atoms with E-state index in [1.165, 1.54) is 11.8 Å². The van der Waals surface area contributed by atoms with E-state index < -0.39 is 0 Å². The molecule has 0 bridgehead atoms. The van der Waals surface area contributed by atoms with Gasteiger partial charge in [0.15, 0.2) is 0 Å². The Hall–Kier alpha value is -0.710. The summed E-state index contributed by atoms with van der Waals surface area (Å²) in [5, 5.41) is 8.33. The number of hydrogen-bond acceptors (Lipinski definition) is 2. The number of rotatable bonds is 3. The van der Waals surface area contributed by atoms with Crippen molar-refractivity contribution in [1.82, 2.24) is 0 Å². The standard InChI is InChI=1S/C10H11Cl2N3S/c1-2-16-10(13)15-14-6-7-3-4-8(11)5-9(7)12/h3-6H,2H2,1H3,(H2,13,15)/p+1. The monoisotopic (exact) mass is 276 g/mol. The number of halogens is 2. The van der Waals surface area contributed by atoms with Crippen LogP contribution in [0.5, 0.6) is 0 Å². The minimum absolute atomic E-state index is 0.490. The lowest BCUT2D eigenvalue weighted by atomic mass is 10.2. The van der Waals surface area contributed by atoms with E-state index in [-0.39, 0.29) is 0 Å². The number of nitrogens with two attached hydrogens (primary N) is 1. The van der Waals surface area contributed by atoms with Crippen molar-refractivity contribution in [2.75, 3.05) is 5.75 Å². The van der Waals surface area contributed by atoms with Crippen molar-refractivity contribution in [3.05, 3.63) is 33.8 Å². The fraction of sp³-hybridized carbons (Fsp3) is 0.200. The van der Waals surface area contributed by atoms with Crippen LogP contribution >= 0.6 is 35.0 Å². The third kappa shape index (κ3) is 4.43. The SMILES string of the molecule is CCSC(N)=N[NH+]=Cc1ccc(Cl)cc1Cl. The van der Waals surface area contributed by atoms with Crippen molar-refractivity contribution >= 4 is 46.3 Å². The smallest absolute Gasteiger partial charge is 0.225 e. The molecule has 0 saturated carbocycles. The van der Waals surface area contributed by atoms with Gasteiger partial charge < -0.3 is 5.73 Å². The number of nitrogens with zero attached hydrogens (tertiary/aromatic N) is 1. The zero-order chi connectivity index (χ0) is 12.0. The first-order chi connectivity index (χ1) is 7.63. The maximum atomic E-state index is 5.97. The van der Waals surface area contributed by atoms with Crippen LogP contribution < -0.4 is 10.8 Å². The molecule has 86 valence electrons. The van der Waals surface area contributed by atoms with E-state index in [1.54, 1.807) is 24.4 Å². The van der Waals surface area contributed by atoms with Crippen LogP contribution in [0.3, 0.4) is 0 Å². The molecule has 1 rings (SSSR count). The fourth-order valence-electron chi connectivity index (χ4n) is 0.964. The lowest BCUT2D eigenvalue weighted by Gasteiger charge is -1.94. The second kappa shape index (κ2) is 6.78. The molecule has 0 aliphatic heterocycles. The molecule has 1 aromatic carbocycles. The fourth-order valence-corrected chi connectivity index (χ4v) is 1.84. The van der Waals surface area contributed by atoms with Crippen molar-refractivity contribution in [2.24, 2.45) is 10.8 Å². The second-order valence-electron chi connectivity index (χ2n) is 2.82. The molecule has 3 N–H and O–H groups in total. The summed E-state index contributed by atoms with van der Waals surface area (Å²) in [7, 11) is 0. The topological polar surface area (TPSA) is 52.3 Å². The quantitative estimate of drug-likeness (QED) is 0.499. The van der Waals surface area contributed by atoms with Gasteiger partial charge in [-0.05, 0) is 24.0 Å². The summed E-state index contributed by atoms with van der Waals surface area (Å²) in [6.45, 7) is 2.01. The molecule has 0 saturated heterocycles. The zero-order valence-electron chi connectivity index (χ0n) is 8.71. The van der Waals surface area contributed by atoms with Crippen LogP contribution in [-0.4, -0.2) is 17.1 Å². The normalized spacial score (nSPS) is 12.3. The van der Waals surface area contributed by atoms with Crippen molar-refractivity contribution in [3.63, 3.8) is 0 Å². The predicted octanol–water partition coefficient (Wildman–Crippen LogP) is 1.48. The summed E-state index contributed by atoms with van der Waals surface area (Å²) in [5.41, 5.74) is 6.40. The summed E-state index contributed by atoms with van der Waals surface area (Å²) >= 11 is 13.2. The van der Waals surface area contributed by atoms with Gasteiger partial charge in [-0.1, -0.05) is 41.9 Å². The first-order valence-electron chi connectivity index (χ1n) is 4.63. The molecule has 0 radical (unpaired) electrons. The van der Waals surface area contributed by atoms with E-state index in [0.29, 0.717) is 15.2 Å². The van der Waals surface area contributed by atoms with E-state index in [9.17, 15) is 0 Å². The number of benzene rings is 1. The van der Waals surface area contributed by atoms with Gasteiger partial charge in [0.05, 0.1) is 10.6 Å². The highest BCUT2D eigenvalue weighted by Crippen LogP contribution is 2.18. The lowest BCUT2D eigenvalue weighted by Crippen LogP contribution is -2.62. The van der Waals surface area contributed by atoms with Crippen molar-refractivity contribution in [1.29, 1.82) is 0 Å². The number of hydrazone groups is 1. The van der Waals surface area contributed by atoms with Gasteiger partial charge in [-0.3, -0.25) is 0 Å². The molecule has 3 nitrogen and oxygen atoms in total. The number of amidine groups is 1. The van der Waals surface area contributed by atoms with Crippen LogP contribution in [-0.2, 0) is 0 Å². The van der Waals surface area contributed by atoms with E-state index in [1.807, 2.05) is 6.92 Å². The summed E-state index contributed by atoms with van der Waals surface area (Å²) < 4.78 is 0. The van der Waals surface area contributed by atoms with Gasteiger partial charge in [0, 0.05) is 10.1 Å². The van der Waals surface area contributed by atoms with E-state index >= 15 is 0 Å². The van der Waals surface area contributed by atoms with E-state index in [0.717, 1.165) is 11.3 Å². The molecule has 0 atom stereocenters. The Bertz CT molecular complexity index is 419. The van der Waals surface area contributed by atoms with Gasteiger partial charge >= 0.3 is 0 Å². The predicted molar refractivity (Wildman–Crippen MR) is 72.3 cm³/mol. The van der Waals surface area contributed by atoms with Crippen LogP contribution in [0, 0.1) is 0 Å². The molecule has 0 aliphatic carbocycles. The second-order valence-corrected chi connectivity index (χ2v) is 4.95. The molecule has 0 aromatic heterocycles. The van der Waals surface area contributed by atoms with Crippen molar-refractivity contribution < 1.29 is 5.10 Å². The molecule has 0 heterocycles. The lowest BCUT2D eigenvalue weighted by molar-refractivity contribution is -0.456. The molecule has 6 heteroatoms. The highest BCUT2D eigenvalue weighted by atomic mass is 35.5. The van der Waals surface area contributed by atoms with Crippen LogP contribution in [0.4, 0.5) is 0 Å². The van der Waals surface area contributed by atoms with Gasteiger partial charge in [-0.15, -0.1) is 5.10 Å². The maximum Gasteiger partial charge on any atom is 0.225 e. The summed E-state index contributed by atoms with van der Waals surface area (Å²) in [5.74, 6) is 0.888. The number of nitrogens with one attached hydrogen (secondary N) is 1. The van der Waals surface area contributed by atoms with Crippen LogP contribution in [0.15, 0.2) is 23.3 Å². The number of hydrogen-bond donors (Lipinski definition) is 2. The van der Waals surface area contributed by atoms with Gasteiger partial charge in [0.25, 0.3) is 0 Å². The Morgan fingerprint density at radius 1 is 1.56 bits per heavy atom. The Morgan fingerprint density at radius 2 is 2.31 bits per heavy atom. The van der Waals surface area contributed by atoms with Crippen LogP contribution in [0.2, 0.25) is 10.0 Å². The molecular weight excluding hydrogens is 265 g/mol. The zero-order valence-corrected chi connectivity index (χ0v) is 11.0. The molecule has 0 spiro atoms. The largest absolute Gasteiger partial charge is 0.373 e. The summed E-state index contributed by atoms with van der Waals surface area (Å²) in [4.78, 5) is 0. The average Bonchev–Trinajstić information content (AvgIpc) is 2.22. The third-order valence-electron chi connectivity index (χ3n) is 1.65. The van der Waals surface area contributed by atoms with Crippen molar-refractivity contribution in [3.8, 4) is 0 Å². The van der Waals surface area contributed by atoms with Gasteiger partial charge in [-0.2, -0.15) is 0 Å². The molecule has 16 heavy (non-hydrogen) atoms. The third-order valence-corrected chi connectivity index (χ3v) is 2.89. The first kappa shape index (κ1) is 13.4. The van der Waals surface area contributed by atoms with Gasteiger partial charge in [-0.25, -0.2) is 0 Å². The Labute approximate surface area is 109 Å². The molecule has 0 unspecified atom stereocenters. The molecule has 0 aliphatic rings. The Morgan fingerprint density at radius 3 is 2.94 bits per heavy atom. The highest BCUT2D eigenvalue weighted by Gasteiger charge is 2.00. The Balaban J connectivity index is 2.73. The Kier molecular flexibility index (Phi) is 5.66. The van der Waals surface area contributed by atoms with Gasteiger partial charge in [0.2, 0.25) is 11.4 Å². The van der Waals surface area contributed by atoms with Crippen LogP contribution in [0.25, 0.3) is 0 Å². The first-order valence-corrected chi connectivity index (χ1v) is 6.37. The molecule has 0 fully saturated rings. The molecular formula is C10H12Cl2N3S+. The molecule has 1 aromatic rings. The minimum Gasteiger partial charge on any atom is -0.373 e. The van der Waals surface area contributed by atoms with E-state index in [4.69, 9.17) is 28.9 Å². The molecule has 0 amide bonds. The average molecular weight is 277 g/mol. The van der Waals surface area contributed by atoms with Gasteiger partial charge in [0.1, 0.15) is 0 Å². The summed E-state index contributed by atoms with van der Waals surface area (Å²) in [6, 6.07) is 5.23. The minimum atomic E-state index is 0.490. The highest BCUT2D eigenvalue weighted by molar-refractivity contribution is 8.13. The number of thioether (sulfide) groups is 1. The van der Waals surface area contributed by atoms with E-state index in [2.05, 4.69) is 10.2 Å². The summed E-state index contributed by atoms with van der Waals surface area (Å²) in [6.07, 6.45) is 1.67.